The average molecular weight is 364 g/mol. The van der Waals surface area contributed by atoms with Crippen LogP contribution in [0.4, 0.5) is 17.5 Å². The first-order valence-corrected chi connectivity index (χ1v) is 9.15. The van der Waals surface area contributed by atoms with E-state index in [-0.39, 0.29) is 0 Å². The van der Waals surface area contributed by atoms with Crippen LogP contribution < -0.4 is 10.2 Å². The van der Waals surface area contributed by atoms with Crippen LogP contribution in [0.1, 0.15) is 12.8 Å². The van der Waals surface area contributed by atoms with Crippen LogP contribution in [0.3, 0.4) is 0 Å². The van der Waals surface area contributed by atoms with Crippen LogP contribution in [0.25, 0.3) is 10.9 Å². The van der Waals surface area contributed by atoms with Gasteiger partial charge in [-0.2, -0.15) is 10.1 Å². The second-order valence-electron chi connectivity index (χ2n) is 6.74. The van der Waals surface area contributed by atoms with Crippen molar-refractivity contribution in [3.8, 4) is 0 Å². The fourth-order valence-corrected chi connectivity index (χ4v) is 3.66. The molecule has 1 N–H and O–H groups in total. The van der Waals surface area contributed by atoms with Gasteiger partial charge in [0.05, 0.1) is 30.6 Å². The number of hydrogen-bond acceptors (Lipinski definition) is 8. The molecule has 2 saturated heterocycles. The van der Waals surface area contributed by atoms with Gasteiger partial charge < -0.3 is 19.7 Å². The molecule has 0 radical (unpaired) electrons. The molecule has 5 rings (SSSR count). The highest BCUT2D eigenvalue weighted by Gasteiger charge is 2.40. The predicted octanol–water partition coefficient (Wildman–Crippen LogP) is 2.51. The van der Waals surface area contributed by atoms with Crippen molar-refractivity contribution in [2.75, 3.05) is 36.5 Å². The molecule has 0 unspecified atom stereocenters. The number of benzene rings is 1. The predicted molar refractivity (Wildman–Crippen MR) is 101 cm³/mol. The first kappa shape index (κ1) is 16.3. The summed E-state index contributed by atoms with van der Waals surface area (Å²) >= 11 is 0. The van der Waals surface area contributed by atoms with Crippen molar-refractivity contribution < 1.29 is 9.47 Å². The fourth-order valence-electron chi connectivity index (χ4n) is 3.66. The second kappa shape index (κ2) is 6.71. The molecule has 0 amide bonds. The first-order valence-electron chi connectivity index (χ1n) is 9.15. The average Bonchev–Trinajstić information content (AvgIpc) is 3.17. The minimum absolute atomic E-state index is 0.408. The molecule has 2 aromatic heterocycles. The summed E-state index contributed by atoms with van der Waals surface area (Å²) in [6.07, 6.45) is 5.02. The van der Waals surface area contributed by atoms with Gasteiger partial charge in [-0.1, -0.05) is 18.2 Å². The minimum atomic E-state index is -0.408. The molecule has 0 atom stereocenters. The maximum absolute atomic E-state index is 5.78. The Morgan fingerprint density at radius 3 is 2.70 bits per heavy atom. The maximum atomic E-state index is 5.78. The molecular formula is C19H20N6O2. The van der Waals surface area contributed by atoms with E-state index in [9.17, 15) is 0 Å². The molecule has 0 aliphatic carbocycles. The van der Waals surface area contributed by atoms with Crippen LogP contribution in [0, 0.1) is 0 Å². The Morgan fingerprint density at radius 1 is 1.04 bits per heavy atom. The number of pyridine rings is 1. The van der Waals surface area contributed by atoms with Crippen molar-refractivity contribution >= 4 is 28.4 Å². The number of aromatic nitrogens is 4. The number of nitrogens with one attached hydrogen (secondary N) is 1. The first-order chi connectivity index (χ1) is 13.3. The summed E-state index contributed by atoms with van der Waals surface area (Å²) in [6, 6.07) is 9.98. The molecule has 3 aromatic rings. The van der Waals surface area contributed by atoms with E-state index in [1.807, 2.05) is 30.3 Å². The van der Waals surface area contributed by atoms with Gasteiger partial charge in [0, 0.05) is 37.5 Å². The van der Waals surface area contributed by atoms with E-state index in [0.717, 1.165) is 42.5 Å². The standard InChI is InChI=1S/C19H20N6O2/c1-3-14-4-2-8-20-17(14)15(5-1)22-16-13-21-24-18(23-16)25-9-6-19(7-10-25)26-11-12-27-19/h1-5,8,13H,6-7,9-12H2,(H,22,23,24). The molecule has 8 nitrogen and oxygen atoms in total. The van der Waals surface area contributed by atoms with Gasteiger partial charge in [-0.15, -0.1) is 5.10 Å². The summed E-state index contributed by atoms with van der Waals surface area (Å²) in [5, 5.41) is 12.7. The Hall–Kier alpha value is -2.84. The number of rotatable bonds is 3. The lowest BCUT2D eigenvalue weighted by Gasteiger charge is -2.37. The van der Waals surface area contributed by atoms with E-state index in [1.165, 1.54) is 0 Å². The van der Waals surface area contributed by atoms with Crippen molar-refractivity contribution in [3.05, 3.63) is 42.7 Å². The number of ether oxygens (including phenoxy) is 2. The molecule has 27 heavy (non-hydrogen) atoms. The lowest BCUT2D eigenvalue weighted by atomic mass is 10.0. The SMILES string of the molecule is c1cnc2c(Nc3cnnc(N4CCC5(CC4)OCCO5)n3)cccc2c1. The molecule has 1 spiro atoms. The van der Waals surface area contributed by atoms with Gasteiger partial charge in [0.25, 0.3) is 0 Å². The third kappa shape index (κ3) is 3.17. The molecule has 8 heteroatoms. The lowest BCUT2D eigenvalue weighted by Crippen LogP contribution is -2.45. The van der Waals surface area contributed by atoms with Gasteiger partial charge >= 0.3 is 0 Å². The van der Waals surface area contributed by atoms with Crippen LogP contribution in [0.2, 0.25) is 0 Å². The van der Waals surface area contributed by atoms with Gasteiger partial charge in [0.1, 0.15) is 0 Å². The third-order valence-electron chi connectivity index (χ3n) is 5.06. The van der Waals surface area contributed by atoms with Crippen LogP contribution in [-0.4, -0.2) is 52.3 Å². The summed E-state index contributed by atoms with van der Waals surface area (Å²) in [5.74, 6) is 0.849. The number of hydrogen-bond donors (Lipinski definition) is 1. The molecule has 138 valence electrons. The van der Waals surface area contributed by atoms with Crippen molar-refractivity contribution in [1.29, 1.82) is 0 Å². The number of nitrogens with zero attached hydrogens (tertiary/aromatic N) is 5. The smallest absolute Gasteiger partial charge is 0.247 e. The van der Waals surface area contributed by atoms with Crippen molar-refractivity contribution in [2.24, 2.45) is 0 Å². The zero-order valence-corrected chi connectivity index (χ0v) is 14.8. The van der Waals surface area contributed by atoms with Crippen LogP contribution in [0.15, 0.2) is 42.7 Å². The summed E-state index contributed by atoms with van der Waals surface area (Å²) in [6.45, 7) is 2.91. The van der Waals surface area contributed by atoms with Gasteiger partial charge in [-0.05, 0) is 12.1 Å². The lowest BCUT2D eigenvalue weighted by molar-refractivity contribution is -0.169. The normalized spacial score (nSPS) is 18.9. The van der Waals surface area contributed by atoms with Gasteiger partial charge in [-0.3, -0.25) is 4.98 Å². The quantitative estimate of drug-likeness (QED) is 0.759. The minimum Gasteiger partial charge on any atom is -0.347 e. The summed E-state index contributed by atoms with van der Waals surface area (Å²) in [5.41, 5.74) is 1.79. The van der Waals surface area contributed by atoms with E-state index < -0.39 is 5.79 Å². The number of piperidine rings is 1. The van der Waals surface area contributed by atoms with E-state index in [2.05, 4.69) is 30.4 Å². The van der Waals surface area contributed by atoms with Crippen LogP contribution >= 0.6 is 0 Å². The highest BCUT2D eigenvalue weighted by atomic mass is 16.7. The number of para-hydroxylation sites is 1. The van der Waals surface area contributed by atoms with Crippen LogP contribution in [0.5, 0.6) is 0 Å². The maximum Gasteiger partial charge on any atom is 0.247 e. The van der Waals surface area contributed by atoms with E-state index in [0.29, 0.717) is 25.0 Å². The molecule has 2 fully saturated rings. The molecule has 0 saturated carbocycles. The van der Waals surface area contributed by atoms with Gasteiger partial charge in [-0.25, -0.2) is 0 Å². The topological polar surface area (TPSA) is 85.3 Å². The van der Waals surface area contributed by atoms with E-state index in [1.54, 1.807) is 12.4 Å². The van der Waals surface area contributed by atoms with E-state index >= 15 is 0 Å². The summed E-state index contributed by atoms with van der Waals surface area (Å²) < 4.78 is 11.6. The molecule has 0 bridgehead atoms. The van der Waals surface area contributed by atoms with Crippen molar-refractivity contribution in [2.45, 2.75) is 18.6 Å². The molecular weight excluding hydrogens is 344 g/mol. The van der Waals surface area contributed by atoms with E-state index in [4.69, 9.17) is 9.47 Å². The summed E-state index contributed by atoms with van der Waals surface area (Å²) in [4.78, 5) is 11.2. The van der Waals surface area contributed by atoms with Gasteiger partial charge in [0.15, 0.2) is 11.6 Å². The van der Waals surface area contributed by atoms with Gasteiger partial charge in [0.2, 0.25) is 5.95 Å². The Labute approximate surface area is 156 Å². The second-order valence-corrected chi connectivity index (χ2v) is 6.74. The number of anilines is 3. The van der Waals surface area contributed by atoms with Crippen molar-refractivity contribution in [3.63, 3.8) is 0 Å². The number of fused-ring (bicyclic) bond motifs is 1. The fraction of sp³-hybridized carbons (Fsp3) is 0.368. The Bertz CT molecular complexity index is 944. The monoisotopic (exact) mass is 364 g/mol. The third-order valence-corrected chi connectivity index (χ3v) is 5.06. The molecule has 4 heterocycles. The molecule has 2 aliphatic rings. The molecule has 1 aromatic carbocycles. The van der Waals surface area contributed by atoms with Crippen molar-refractivity contribution in [1.82, 2.24) is 20.2 Å². The Kier molecular flexibility index (Phi) is 4.06. The Morgan fingerprint density at radius 2 is 1.85 bits per heavy atom. The highest BCUT2D eigenvalue weighted by Crippen LogP contribution is 2.32. The largest absolute Gasteiger partial charge is 0.347 e. The highest BCUT2D eigenvalue weighted by molar-refractivity contribution is 5.91. The zero-order chi connectivity index (χ0) is 18.1. The zero-order valence-electron chi connectivity index (χ0n) is 14.8. The summed E-state index contributed by atoms with van der Waals surface area (Å²) in [7, 11) is 0. The molecule has 2 aliphatic heterocycles. The van der Waals surface area contributed by atoms with Crippen LogP contribution in [-0.2, 0) is 9.47 Å². The Balaban J connectivity index is 1.35.